The fraction of sp³-hybridized carbons (Fsp3) is 0.684. The molecular weight excluding hydrogens is 912 g/mol. The SMILES string of the molecule is CC.CC.[B]C1(NC(=O)OCc2ccc(OC3OC(CO)C(O)C(O)C3O)c(NC(=O)CCNC(=O)CCN3C(=O)CC(C)(C)C3=O)c2)C(=O)N1C1C(CO)OC([NH-])C(O)C1O.[Y]. The van der Waals surface area contributed by atoms with Gasteiger partial charge in [-0.1, -0.05) is 47.6 Å². The standard InChI is InChI=1S/C34H46BN6O17.2C2H6.Y/c1-33(2)10-21(46)40(30(33)52)8-6-19(44)37-7-5-20(45)38-15-9-14(3-4-16(15)57-29-27(51)25(49)23(47)18(12-43)58-29)13-55-32(54)39-34(35)31(53)41(34)22-17(11-42)56-28(36)26(50)24(22)48;2*1-2;/h3-4,9,17-18,22-29,36,42-43,47-51H,5-8,10-13H2,1-2H3,(H,37,44)(H,38,45)(H,39,54);2*1-2H3;/q-1;;;. The first-order valence-electron chi connectivity index (χ1n) is 20.2. The van der Waals surface area contributed by atoms with Crippen LogP contribution in [0.25, 0.3) is 5.73 Å². The molecule has 4 saturated heterocycles. The van der Waals surface area contributed by atoms with Gasteiger partial charge in [0, 0.05) is 65.1 Å². The van der Waals surface area contributed by atoms with Crippen LogP contribution in [0, 0.1) is 5.41 Å². The number of hydrogen-bond acceptors (Lipinski definition) is 17. The molecule has 4 heterocycles. The first-order valence-corrected chi connectivity index (χ1v) is 20.2. The second-order valence-corrected chi connectivity index (χ2v) is 14.8. The minimum absolute atomic E-state index is 0. The first kappa shape index (κ1) is 55.7. The predicted octanol–water partition coefficient (Wildman–Crippen LogP) is -2.71. The molecule has 4 aliphatic heterocycles. The Morgan fingerprint density at radius 1 is 0.873 bits per heavy atom. The van der Waals surface area contributed by atoms with Crippen LogP contribution in [0.2, 0.25) is 0 Å². The van der Waals surface area contributed by atoms with E-state index in [2.05, 4.69) is 16.0 Å². The maximum absolute atomic E-state index is 13.0. The van der Waals surface area contributed by atoms with E-state index in [-0.39, 0.29) is 88.0 Å². The third kappa shape index (κ3) is 13.1. The number of likely N-dealkylation sites (tertiary alicyclic amines) is 1. The fourth-order valence-corrected chi connectivity index (χ4v) is 6.74. The van der Waals surface area contributed by atoms with Crippen LogP contribution in [-0.4, -0.2) is 182 Å². The molecular formula is C38H58BN6O17Y-. The minimum atomic E-state index is -2.24. The number of ether oxygens (including phenoxy) is 4. The summed E-state index contributed by atoms with van der Waals surface area (Å²) >= 11 is 0. The number of amides is 6. The van der Waals surface area contributed by atoms with Crippen molar-refractivity contribution in [2.75, 3.05) is 31.6 Å². The molecule has 0 aromatic heterocycles. The molecule has 3 radical (unpaired) electrons. The summed E-state index contributed by atoms with van der Waals surface area (Å²) in [5.41, 5.74) is 4.68. The Morgan fingerprint density at radius 2 is 1.51 bits per heavy atom. The van der Waals surface area contributed by atoms with Gasteiger partial charge in [-0.25, -0.2) is 4.79 Å². The molecule has 63 heavy (non-hydrogen) atoms. The van der Waals surface area contributed by atoms with Gasteiger partial charge in [-0.3, -0.25) is 34.2 Å². The van der Waals surface area contributed by atoms with Crippen molar-refractivity contribution in [3.63, 3.8) is 0 Å². The molecule has 11 unspecified atom stereocenters. The van der Waals surface area contributed by atoms with E-state index in [1.54, 1.807) is 13.8 Å². The van der Waals surface area contributed by atoms with Gasteiger partial charge in [-0.15, -0.1) is 0 Å². The molecule has 4 fully saturated rings. The molecule has 0 bridgehead atoms. The zero-order valence-corrected chi connectivity index (χ0v) is 38.8. The van der Waals surface area contributed by atoms with Gasteiger partial charge in [0.05, 0.1) is 36.5 Å². The number of rotatable bonds is 15. The summed E-state index contributed by atoms with van der Waals surface area (Å²) in [6.07, 6.45) is -16.5. The second kappa shape index (κ2) is 24.2. The number of anilines is 1. The molecule has 6 amide bonds. The second-order valence-electron chi connectivity index (χ2n) is 14.8. The molecule has 349 valence electrons. The van der Waals surface area contributed by atoms with Gasteiger partial charge >= 0.3 is 6.09 Å². The van der Waals surface area contributed by atoms with E-state index in [1.807, 2.05) is 27.7 Å². The van der Waals surface area contributed by atoms with Gasteiger partial charge in [-0.2, -0.15) is 0 Å². The molecule has 11 N–H and O–H groups in total. The molecule has 5 rings (SSSR count). The van der Waals surface area contributed by atoms with E-state index in [0.29, 0.717) is 0 Å². The number of carbonyl (C=O) groups is 6. The smallest absolute Gasteiger partial charge is 0.409 e. The third-order valence-electron chi connectivity index (χ3n) is 10.1. The Bertz CT molecular complexity index is 1760. The van der Waals surface area contributed by atoms with Crippen LogP contribution >= 0.6 is 0 Å². The Morgan fingerprint density at radius 3 is 2.10 bits per heavy atom. The predicted molar refractivity (Wildman–Crippen MR) is 214 cm³/mol. The number of aliphatic hydroxyl groups excluding tert-OH is 7. The number of hydrogen-bond donors (Lipinski definition) is 10. The summed E-state index contributed by atoms with van der Waals surface area (Å²) in [4.78, 5) is 77.4. The Balaban J connectivity index is 0.00000265. The molecule has 1 aromatic carbocycles. The topological polar surface area (TPSA) is 347 Å². The summed E-state index contributed by atoms with van der Waals surface area (Å²) < 4.78 is 21.5. The zero-order chi connectivity index (χ0) is 46.9. The molecule has 0 spiro atoms. The number of alkyl carbamates (subject to hydrolysis) is 1. The van der Waals surface area contributed by atoms with Crippen LogP contribution in [0.5, 0.6) is 5.75 Å². The van der Waals surface area contributed by atoms with Crippen LogP contribution in [-0.2, 0) is 77.5 Å². The molecule has 4 aliphatic rings. The van der Waals surface area contributed by atoms with E-state index >= 15 is 0 Å². The summed E-state index contributed by atoms with van der Waals surface area (Å²) in [6, 6.07) is 2.46. The van der Waals surface area contributed by atoms with Gasteiger partial charge in [0.2, 0.25) is 29.9 Å². The number of nitrogens with zero attached hydrogens (tertiary/aromatic N) is 2. The largest absolute Gasteiger partial charge is 0.649 e. The molecule has 1 aromatic rings. The first-order chi connectivity index (χ1) is 29.2. The van der Waals surface area contributed by atoms with Crippen molar-refractivity contribution in [1.29, 1.82) is 0 Å². The van der Waals surface area contributed by atoms with E-state index in [0.717, 1.165) is 9.80 Å². The maximum atomic E-state index is 13.0. The van der Waals surface area contributed by atoms with Gasteiger partial charge in [0.25, 0.3) is 5.91 Å². The third-order valence-corrected chi connectivity index (χ3v) is 10.1. The Labute approximate surface area is 390 Å². The monoisotopic (exact) mass is 970 g/mol. The van der Waals surface area contributed by atoms with Crippen molar-refractivity contribution < 1.29 is 116 Å². The number of nitrogens with one attached hydrogen (secondary N) is 4. The Hall–Kier alpha value is -3.39. The normalized spacial score (nSPS) is 30.7. The molecule has 0 saturated carbocycles. The van der Waals surface area contributed by atoms with Crippen molar-refractivity contribution in [3.05, 3.63) is 29.5 Å². The summed E-state index contributed by atoms with van der Waals surface area (Å²) in [5.74, 6) is -3.09. The summed E-state index contributed by atoms with van der Waals surface area (Å²) in [7, 11) is 6.04. The molecule has 0 aliphatic carbocycles. The molecule has 23 nitrogen and oxygen atoms in total. The number of imide groups is 1. The van der Waals surface area contributed by atoms with Crippen molar-refractivity contribution >= 4 is 49.2 Å². The average molecular weight is 971 g/mol. The van der Waals surface area contributed by atoms with Crippen molar-refractivity contribution in [2.24, 2.45) is 5.41 Å². The van der Waals surface area contributed by atoms with Crippen molar-refractivity contribution in [2.45, 2.75) is 134 Å². The zero-order valence-electron chi connectivity index (χ0n) is 35.9. The maximum Gasteiger partial charge on any atom is 0.409 e. The van der Waals surface area contributed by atoms with E-state index in [1.165, 1.54) is 18.2 Å². The average Bonchev–Trinajstić information content (AvgIpc) is 3.68. The number of aliphatic hydroxyl groups is 7. The van der Waals surface area contributed by atoms with E-state index < -0.39 is 122 Å². The summed E-state index contributed by atoms with van der Waals surface area (Å²) in [5, 5.41) is 77.9. The quantitative estimate of drug-likeness (QED) is 0.0485. The van der Waals surface area contributed by atoms with Gasteiger partial charge in [0.15, 0.2) is 5.56 Å². The molecule has 25 heteroatoms. The van der Waals surface area contributed by atoms with Crippen LogP contribution in [0.1, 0.15) is 66.4 Å². The van der Waals surface area contributed by atoms with Crippen LogP contribution in [0.3, 0.4) is 0 Å². The minimum Gasteiger partial charge on any atom is -0.649 e. The molecule has 11 atom stereocenters. The van der Waals surface area contributed by atoms with Crippen LogP contribution in [0.4, 0.5) is 10.5 Å². The van der Waals surface area contributed by atoms with Crippen LogP contribution in [0.15, 0.2) is 18.2 Å². The Kier molecular flexibility index (Phi) is 21.4. The fourth-order valence-electron chi connectivity index (χ4n) is 6.74. The number of carbonyl (C=O) groups excluding carboxylic acids is 6. The van der Waals surface area contributed by atoms with Crippen LogP contribution < -0.4 is 20.7 Å². The van der Waals surface area contributed by atoms with Crippen molar-refractivity contribution in [1.82, 2.24) is 20.4 Å². The van der Waals surface area contributed by atoms with Crippen molar-refractivity contribution in [3.8, 4) is 5.75 Å². The summed E-state index contributed by atoms with van der Waals surface area (Å²) in [6.45, 7) is 8.92. The van der Waals surface area contributed by atoms with E-state index in [9.17, 15) is 64.5 Å². The van der Waals surface area contributed by atoms with E-state index in [4.69, 9.17) is 32.5 Å². The van der Waals surface area contributed by atoms with Gasteiger partial charge in [-0.05, 0) is 23.9 Å². The number of benzene rings is 1. The van der Waals surface area contributed by atoms with Gasteiger partial charge in [0.1, 0.15) is 56.8 Å². The van der Waals surface area contributed by atoms with Gasteiger partial charge < -0.3 is 76.0 Å².